The average Bonchev–Trinajstić information content (AvgIpc) is 2.16. The highest BCUT2D eigenvalue weighted by Crippen LogP contribution is 2.25. The third kappa shape index (κ3) is 3.86. The molecule has 1 atom stereocenters. The molecule has 1 unspecified atom stereocenters. The summed E-state index contributed by atoms with van der Waals surface area (Å²) in [6, 6.07) is 0. The molecule has 1 aliphatic rings. The summed E-state index contributed by atoms with van der Waals surface area (Å²) in [5, 5.41) is 0. The fourth-order valence-electron chi connectivity index (χ4n) is 1.77. The van der Waals surface area contributed by atoms with Crippen molar-refractivity contribution in [3.8, 4) is 0 Å². The first-order valence-corrected chi connectivity index (χ1v) is 5.17. The highest BCUT2D eigenvalue weighted by Gasteiger charge is 2.11. The van der Waals surface area contributed by atoms with E-state index in [1.165, 1.54) is 5.57 Å². The summed E-state index contributed by atoms with van der Waals surface area (Å²) >= 11 is 0. The van der Waals surface area contributed by atoms with Gasteiger partial charge in [0.2, 0.25) is 0 Å². The Morgan fingerprint density at radius 2 is 2.50 bits per heavy atom. The van der Waals surface area contributed by atoms with Gasteiger partial charge in [-0.25, -0.2) is 0 Å². The molecule has 0 radical (unpaired) electrons. The summed E-state index contributed by atoms with van der Waals surface area (Å²) in [6.07, 6.45) is 9.41. The molecular formula is C12H17FO. The van der Waals surface area contributed by atoms with E-state index in [0.717, 1.165) is 19.3 Å². The zero-order chi connectivity index (χ0) is 10.4. The SMILES string of the molecule is CC(=O)C=CC1=CC(CCF)CCC1. The van der Waals surface area contributed by atoms with Crippen LogP contribution < -0.4 is 0 Å². The van der Waals surface area contributed by atoms with E-state index in [1.807, 2.05) is 6.08 Å². The number of ketones is 1. The minimum Gasteiger partial charge on any atom is -0.295 e. The van der Waals surface area contributed by atoms with Gasteiger partial charge in [-0.15, -0.1) is 0 Å². The third-order valence-corrected chi connectivity index (χ3v) is 2.50. The molecule has 0 saturated heterocycles. The van der Waals surface area contributed by atoms with Gasteiger partial charge in [-0.3, -0.25) is 9.18 Å². The van der Waals surface area contributed by atoms with E-state index in [2.05, 4.69) is 6.08 Å². The Bertz CT molecular complexity index is 253. The van der Waals surface area contributed by atoms with Gasteiger partial charge in [0.25, 0.3) is 0 Å². The minimum absolute atomic E-state index is 0.0681. The smallest absolute Gasteiger partial charge is 0.152 e. The molecule has 0 fully saturated rings. The van der Waals surface area contributed by atoms with Crippen molar-refractivity contribution >= 4 is 5.78 Å². The topological polar surface area (TPSA) is 17.1 Å². The molecule has 0 aliphatic heterocycles. The standard InChI is InChI=1S/C12H17FO/c1-10(14)5-6-11-3-2-4-12(9-11)7-8-13/h5-6,9,12H,2-4,7-8H2,1H3. The summed E-state index contributed by atoms with van der Waals surface area (Å²) in [5.74, 6) is 0.443. The molecule has 1 nitrogen and oxygen atoms in total. The van der Waals surface area contributed by atoms with Gasteiger partial charge in [-0.05, 0) is 44.6 Å². The van der Waals surface area contributed by atoms with Gasteiger partial charge in [0, 0.05) is 0 Å². The first kappa shape index (κ1) is 11.2. The molecule has 2 heteroatoms. The van der Waals surface area contributed by atoms with Crippen LogP contribution in [0.15, 0.2) is 23.8 Å². The van der Waals surface area contributed by atoms with Crippen LogP contribution >= 0.6 is 0 Å². The van der Waals surface area contributed by atoms with Crippen molar-refractivity contribution in [2.24, 2.45) is 5.92 Å². The van der Waals surface area contributed by atoms with E-state index in [1.54, 1.807) is 13.0 Å². The molecule has 0 heterocycles. The Kier molecular flexibility index (Phi) is 4.57. The number of hydrogen-bond donors (Lipinski definition) is 0. The van der Waals surface area contributed by atoms with E-state index >= 15 is 0 Å². The molecule has 0 aromatic carbocycles. The zero-order valence-corrected chi connectivity index (χ0v) is 8.63. The van der Waals surface area contributed by atoms with Crippen molar-refractivity contribution in [2.45, 2.75) is 32.6 Å². The Morgan fingerprint density at radius 1 is 1.71 bits per heavy atom. The van der Waals surface area contributed by atoms with Crippen molar-refractivity contribution < 1.29 is 9.18 Å². The van der Waals surface area contributed by atoms with Crippen LogP contribution in [-0.2, 0) is 4.79 Å². The van der Waals surface area contributed by atoms with Crippen LogP contribution in [0.2, 0.25) is 0 Å². The second-order valence-electron chi connectivity index (χ2n) is 3.82. The van der Waals surface area contributed by atoms with E-state index in [4.69, 9.17) is 0 Å². The van der Waals surface area contributed by atoms with Gasteiger partial charge in [0.05, 0.1) is 6.67 Å². The van der Waals surface area contributed by atoms with E-state index < -0.39 is 0 Å². The van der Waals surface area contributed by atoms with Gasteiger partial charge in [0.1, 0.15) is 0 Å². The number of carbonyl (C=O) groups excluding carboxylic acids is 1. The highest BCUT2D eigenvalue weighted by molar-refractivity contribution is 5.87. The highest BCUT2D eigenvalue weighted by atomic mass is 19.1. The quantitative estimate of drug-likeness (QED) is 0.631. The van der Waals surface area contributed by atoms with E-state index in [9.17, 15) is 9.18 Å². The molecule has 0 saturated carbocycles. The maximum absolute atomic E-state index is 12.1. The molecule has 0 bridgehead atoms. The van der Waals surface area contributed by atoms with Crippen molar-refractivity contribution in [3.05, 3.63) is 23.8 Å². The molecule has 14 heavy (non-hydrogen) atoms. The number of alkyl halides is 1. The van der Waals surface area contributed by atoms with Crippen LogP contribution in [0.25, 0.3) is 0 Å². The van der Waals surface area contributed by atoms with Crippen LogP contribution in [0.3, 0.4) is 0 Å². The van der Waals surface area contributed by atoms with Gasteiger partial charge < -0.3 is 0 Å². The van der Waals surface area contributed by atoms with Gasteiger partial charge in [-0.1, -0.05) is 17.7 Å². The molecule has 78 valence electrons. The molecule has 0 spiro atoms. The van der Waals surface area contributed by atoms with Crippen molar-refractivity contribution in [2.75, 3.05) is 6.67 Å². The summed E-state index contributed by atoms with van der Waals surface area (Å²) in [4.78, 5) is 10.7. The zero-order valence-electron chi connectivity index (χ0n) is 8.63. The monoisotopic (exact) mass is 196 g/mol. The molecule has 0 amide bonds. The second kappa shape index (κ2) is 5.74. The second-order valence-corrected chi connectivity index (χ2v) is 3.82. The van der Waals surface area contributed by atoms with Crippen LogP contribution in [-0.4, -0.2) is 12.5 Å². The minimum atomic E-state index is -0.245. The Balaban J connectivity index is 2.55. The summed E-state index contributed by atoms with van der Waals surface area (Å²) in [6.45, 7) is 1.30. The number of allylic oxidation sites excluding steroid dienone is 4. The number of halogens is 1. The van der Waals surface area contributed by atoms with Crippen LogP contribution in [0.4, 0.5) is 4.39 Å². The normalized spacial score (nSPS) is 22.4. The summed E-state index contributed by atoms with van der Waals surface area (Å²) in [5.41, 5.74) is 1.19. The summed E-state index contributed by atoms with van der Waals surface area (Å²) in [7, 11) is 0. The third-order valence-electron chi connectivity index (χ3n) is 2.50. The predicted molar refractivity (Wildman–Crippen MR) is 55.8 cm³/mol. The predicted octanol–water partition coefficient (Wildman–Crippen LogP) is 3.22. The van der Waals surface area contributed by atoms with Crippen molar-refractivity contribution in [3.63, 3.8) is 0 Å². The molecule has 1 rings (SSSR count). The summed E-state index contributed by atoms with van der Waals surface area (Å²) < 4.78 is 12.1. The Morgan fingerprint density at radius 3 is 3.14 bits per heavy atom. The van der Waals surface area contributed by atoms with Gasteiger partial charge in [-0.2, -0.15) is 0 Å². The lowest BCUT2D eigenvalue weighted by molar-refractivity contribution is -0.112. The molecular weight excluding hydrogens is 179 g/mol. The lowest BCUT2D eigenvalue weighted by atomic mass is 9.88. The lowest BCUT2D eigenvalue weighted by Crippen LogP contribution is -2.04. The molecule has 1 aliphatic carbocycles. The van der Waals surface area contributed by atoms with Gasteiger partial charge in [0.15, 0.2) is 5.78 Å². The van der Waals surface area contributed by atoms with Crippen LogP contribution in [0.5, 0.6) is 0 Å². The van der Waals surface area contributed by atoms with Crippen molar-refractivity contribution in [1.29, 1.82) is 0 Å². The average molecular weight is 196 g/mol. The maximum atomic E-state index is 12.1. The van der Waals surface area contributed by atoms with Gasteiger partial charge >= 0.3 is 0 Å². The largest absolute Gasteiger partial charge is 0.295 e. The maximum Gasteiger partial charge on any atom is 0.152 e. The fraction of sp³-hybridized carbons (Fsp3) is 0.583. The lowest BCUT2D eigenvalue weighted by Gasteiger charge is -2.18. The fourth-order valence-corrected chi connectivity index (χ4v) is 1.77. The van der Waals surface area contributed by atoms with Crippen LogP contribution in [0, 0.1) is 5.92 Å². The van der Waals surface area contributed by atoms with Crippen molar-refractivity contribution in [1.82, 2.24) is 0 Å². The Hall–Kier alpha value is -0.920. The number of rotatable bonds is 4. The van der Waals surface area contributed by atoms with E-state index in [0.29, 0.717) is 12.3 Å². The number of hydrogen-bond acceptors (Lipinski definition) is 1. The number of carbonyl (C=O) groups is 1. The molecule has 0 aromatic heterocycles. The van der Waals surface area contributed by atoms with E-state index in [-0.39, 0.29) is 12.5 Å². The Labute approximate surface area is 84.7 Å². The molecule has 0 N–H and O–H groups in total. The molecule has 0 aromatic rings. The first-order valence-electron chi connectivity index (χ1n) is 5.17. The first-order chi connectivity index (χ1) is 6.72. The van der Waals surface area contributed by atoms with Crippen LogP contribution in [0.1, 0.15) is 32.6 Å².